The molecule has 0 aliphatic heterocycles. The van der Waals surface area contributed by atoms with Gasteiger partial charge in [0.15, 0.2) is 17.4 Å². The van der Waals surface area contributed by atoms with Crippen molar-refractivity contribution >= 4 is 5.91 Å². The van der Waals surface area contributed by atoms with Crippen molar-refractivity contribution in [3.8, 4) is 5.75 Å². The number of ether oxygens (including phenoxy) is 1. The number of methoxy groups -OCH3 is 1. The zero-order chi connectivity index (χ0) is 14.0. The lowest BCUT2D eigenvalue weighted by Gasteiger charge is -2.09. The van der Waals surface area contributed by atoms with Gasteiger partial charge in [0.25, 0.3) is 5.91 Å². The number of carbonyl (C=O) groups excluding carboxylic acids is 1. The largest absolute Gasteiger partial charge is 0.494 e. The van der Waals surface area contributed by atoms with E-state index in [1.165, 1.54) is 36.2 Å². The zero-order valence-corrected chi connectivity index (χ0v) is 10.1. The monoisotopic (exact) mass is 267 g/mol. The van der Waals surface area contributed by atoms with Crippen molar-refractivity contribution in [1.82, 2.24) is 9.55 Å². The summed E-state index contributed by atoms with van der Waals surface area (Å²) >= 11 is 0. The molecular weight excluding hydrogens is 256 g/mol. The van der Waals surface area contributed by atoms with E-state index < -0.39 is 17.5 Å². The predicted molar refractivity (Wildman–Crippen MR) is 62.8 cm³/mol. The Hall–Kier alpha value is -2.44. The van der Waals surface area contributed by atoms with E-state index in [1.54, 1.807) is 0 Å². The SMILES string of the molecule is COc1ccc(Cn2ccnc2C(N)=O)c(F)c1F. The molecule has 0 unspecified atom stereocenters. The second kappa shape index (κ2) is 5.05. The van der Waals surface area contributed by atoms with Crippen molar-refractivity contribution < 1.29 is 18.3 Å². The fourth-order valence-corrected chi connectivity index (χ4v) is 1.70. The summed E-state index contributed by atoms with van der Waals surface area (Å²) in [6.07, 6.45) is 2.82. The minimum atomic E-state index is -1.07. The summed E-state index contributed by atoms with van der Waals surface area (Å²) in [6, 6.07) is 2.69. The van der Waals surface area contributed by atoms with Crippen LogP contribution in [-0.2, 0) is 6.54 Å². The highest BCUT2D eigenvalue weighted by Gasteiger charge is 2.16. The van der Waals surface area contributed by atoms with Crippen LogP contribution in [0.4, 0.5) is 8.78 Å². The Morgan fingerprint density at radius 1 is 1.42 bits per heavy atom. The summed E-state index contributed by atoms with van der Waals surface area (Å²) < 4.78 is 33.3. The van der Waals surface area contributed by atoms with Gasteiger partial charge in [-0.3, -0.25) is 4.79 Å². The molecule has 0 saturated carbocycles. The lowest BCUT2D eigenvalue weighted by molar-refractivity contribution is 0.0986. The van der Waals surface area contributed by atoms with Gasteiger partial charge in [-0.25, -0.2) is 9.37 Å². The minimum absolute atomic E-state index is 0.0179. The molecule has 0 aliphatic rings. The molecule has 0 bridgehead atoms. The molecule has 100 valence electrons. The van der Waals surface area contributed by atoms with Crippen molar-refractivity contribution in [2.45, 2.75) is 6.54 Å². The van der Waals surface area contributed by atoms with Crippen LogP contribution in [0.1, 0.15) is 16.2 Å². The third-order valence-electron chi connectivity index (χ3n) is 2.62. The molecular formula is C12H11F2N3O2. The number of benzene rings is 1. The summed E-state index contributed by atoms with van der Waals surface area (Å²) in [6.45, 7) is -0.0506. The maximum absolute atomic E-state index is 13.8. The molecule has 2 N–H and O–H groups in total. The molecule has 5 nitrogen and oxygen atoms in total. The van der Waals surface area contributed by atoms with E-state index in [9.17, 15) is 13.6 Å². The molecule has 2 rings (SSSR count). The molecule has 0 saturated heterocycles. The molecule has 2 aromatic rings. The molecule has 1 heterocycles. The van der Waals surface area contributed by atoms with E-state index in [4.69, 9.17) is 5.73 Å². The van der Waals surface area contributed by atoms with Gasteiger partial charge in [0.1, 0.15) is 0 Å². The number of nitrogens with two attached hydrogens (primary N) is 1. The van der Waals surface area contributed by atoms with Crippen LogP contribution < -0.4 is 10.5 Å². The Bertz CT molecular complexity index is 625. The van der Waals surface area contributed by atoms with E-state index in [0.29, 0.717) is 0 Å². The Kier molecular flexibility index (Phi) is 3.46. The van der Waals surface area contributed by atoms with Crippen LogP contribution in [0.5, 0.6) is 5.75 Å². The van der Waals surface area contributed by atoms with Gasteiger partial charge in [-0.05, 0) is 6.07 Å². The number of aromatic nitrogens is 2. The number of imidazole rings is 1. The van der Waals surface area contributed by atoms with Gasteiger partial charge < -0.3 is 15.0 Å². The number of hydrogen-bond donors (Lipinski definition) is 1. The lowest BCUT2D eigenvalue weighted by Crippen LogP contribution is -2.18. The highest BCUT2D eigenvalue weighted by atomic mass is 19.2. The average Bonchev–Trinajstić information content (AvgIpc) is 2.83. The Morgan fingerprint density at radius 3 is 2.79 bits per heavy atom. The highest BCUT2D eigenvalue weighted by Crippen LogP contribution is 2.23. The Morgan fingerprint density at radius 2 is 2.16 bits per heavy atom. The van der Waals surface area contributed by atoms with Crippen molar-refractivity contribution in [2.24, 2.45) is 5.73 Å². The van der Waals surface area contributed by atoms with E-state index in [2.05, 4.69) is 9.72 Å². The first-order valence-electron chi connectivity index (χ1n) is 5.36. The summed E-state index contributed by atoms with van der Waals surface area (Å²) in [4.78, 5) is 14.8. The summed E-state index contributed by atoms with van der Waals surface area (Å²) in [5.74, 6) is -3.03. The first-order valence-corrected chi connectivity index (χ1v) is 5.36. The summed E-state index contributed by atoms with van der Waals surface area (Å²) in [7, 11) is 1.25. The second-order valence-electron chi connectivity index (χ2n) is 3.80. The van der Waals surface area contributed by atoms with Gasteiger partial charge in [-0.15, -0.1) is 0 Å². The highest BCUT2D eigenvalue weighted by molar-refractivity contribution is 5.89. The molecule has 0 aliphatic carbocycles. The molecule has 1 aromatic carbocycles. The van der Waals surface area contributed by atoms with E-state index in [0.717, 1.165) is 0 Å². The van der Waals surface area contributed by atoms with Gasteiger partial charge in [-0.1, -0.05) is 6.07 Å². The molecule has 0 atom stereocenters. The third kappa shape index (κ3) is 2.40. The number of amides is 1. The molecule has 0 radical (unpaired) electrons. The maximum atomic E-state index is 13.8. The molecule has 0 fully saturated rings. The van der Waals surface area contributed by atoms with Gasteiger partial charge in [0.2, 0.25) is 5.82 Å². The number of primary amides is 1. The second-order valence-corrected chi connectivity index (χ2v) is 3.80. The number of nitrogens with zero attached hydrogens (tertiary/aromatic N) is 2. The number of carbonyl (C=O) groups is 1. The van der Waals surface area contributed by atoms with Crippen LogP contribution in [0.15, 0.2) is 24.5 Å². The maximum Gasteiger partial charge on any atom is 0.284 e. The number of hydrogen-bond acceptors (Lipinski definition) is 3. The topological polar surface area (TPSA) is 70.1 Å². The summed E-state index contributed by atoms with van der Waals surface area (Å²) in [5, 5.41) is 0. The van der Waals surface area contributed by atoms with Gasteiger partial charge in [0, 0.05) is 18.0 Å². The molecule has 1 aromatic heterocycles. The lowest BCUT2D eigenvalue weighted by atomic mass is 10.2. The van der Waals surface area contributed by atoms with Crippen LogP contribution in [0.25, 0.3) is 0 Å². The summed E-state index contributed by atoms with van der Waals surface area (Å²) in [5.41, 5.74) is 5.18. The van der Waals surface area contributed by atoms with Crippen molar-refractivity contribution in [3.05, 3.63) is 47.5 Å². The van der Waals surface area contributed by atoms with Crippen LogP contribution in [0.2, 0.25) is 0 Å². The molecule has 1 amide bonds. The molecule has 19 heavy (non-hydrogen) atoms. The van der Waals surface area contributed by atoms with Gasteiger partial charge >= 0.3 is 0 Å². The first-order chi connectivity index (χ1) is 9.04. The normalized spacial score (nSPS) is 10.5. The predicted octanol–water partition coefficient (Wildman–Crippen LogP) is 1.32. The Labute approximate surface area is 107 Å². The standard InChI is InChI=1S/C12H11F2N3O2/c1-19-8-3-2-7(9(13)10(8)14)6-17-5-4-16-12(17)11(15)18/h2-5H,6H2,1H3,(H2,15,18). The number of rotatable bonds is 4. The average molecular weight is 267 g/mol. The van der Waals surface area contributed by atoms with Crippen molar-refractivity contribution in [3.63, 3.8) is 0 Å². The van der Waals surface area contributed by atoms with Crippen LogP contribution in [-0.4, -0.2) is 22.6 Å². The van der Waals surface area contributed by atoms with Crippen LogP contribution in [0.3, 0.4) is 0 Å². The smallest absolute Gasteiger partial charge is 0.284 e. The van der Waals surface area contributed by atoms with Crippen LogP contribution in [0, 0.1) is 11.6 Å². The third-order valence-corrected chi connectivity index (χ3v) is 2.62. The van der Waals surface area contributed by atoms with E-state index >= 15 is 0 Å². The van der Waals surface area contributed by atoms with Gasteiger partial charge in [0.05, 0.1) is 13.7 Å². The van der Waals surface area contributed by atoms with E-state index in [-0.39, 0.29) is 23.7 Å². The van der Waals surface area contributed by atoms with Crippen molar-refractivity contribution in [2.75, 3.05) is 7.11 Å². The minimum Gasteiger partial charge on any atom is -0.494 e. The zero-order valence-electron chi connectivity index (χ0n) is 10.1. The van der Waals surface area contributed by atoms with Gasteiger partial charge in [-0.2, -0.15) is 4.39 Å². The Balaban J connectivity index is 2.36. The number of halogens is 2. The fraction of sp³-hybridized carbons (Fsp3) is 0.167. The molecule has 0 spiro atoms. The fourth-order valence-electron chi connectivity index (χ4n) is 1.70. The quantitative estimate of drug-likeness (QED) is 0.908. The van der Waals surface area contributed by atoms with E-state index in [1.807, 2.05) is 0 Å². The molecule has 7 heteroatoms. The first kappa shape index (κ1) is 13.0. The van der Waals surface area contributed by atoms with Crippen LogP contribution >= 0.6 is 0 Å². The van der Waals surface area contributed by atoms with Crippen molar-refractivity contribution in [1.29, 1.82) is 0 Å².